The van der Waals surface area contributed by atoms with Crippen molar-refractivity contribution in [2.45, 2.75) is 11.4 Å². The van der Waals surface area contributed by atoms with Gasteiger partial charge < -0.3 is 0 Å². The fourth-order valence-corrected chi connectivity index (χ4v) is 3.50. The summed E-state index contributed by atoms with van der Waals surface area (Å²) in [5.74, 6) is 0.101. The van der Waals surface area contributed by atoms with Crippen LogP contribution in [-0.4, -0.2) is 23.1 Å². The van der Waals surface area contributed by atoms with E-state index >= 15 is 0 Å². The normalized spacial score (nSPS) is 11.3. The van der Waals surface area contributed by atoms with Crippen molar-refractivity contribution in [2.75, 3.05) is 4.72 Å². The van der Waals surface area contributed by atoms with E-state index in [1.165, 1.54) is 28.9 Å². The van der Waals surface area contributed by atoms with Crippen LogP contribution in [0.2, 0.25) is 5.02 Å². The Morgan fingerprint density at radius 3 is 2.65 bits per heavy atom. The molecule has 1 aromatic heterocycles. The van der Waals surface area contributed by atoms with Crippen molar-refractivity contribution in [3.05, 3.63) is 81.5 Å². The van der Waals surface area contributed by atoms with E-state index < -0.39 is 14.9 Å². The fourth-order valence-electron chi connectivity index (χ4n) is 2.27. The number of halogens is 1. The number of sulfonamides is 1. The summed E-state index contributed by atoms with van der Waals surface area (Å²) in [6.07, 6.45) is 1.61. The first-order valence-corrected chi connectivity index (χ1v) is 9.25. The van der Waals surface area contributed by atoms with Crippen molar-refractivity contribution >= 4 is 33.1 Å². The first-order valence-electron chi connectivity index (χ1n) is 7.39. The first kappa shape index (κ1) is 17.9. The lowest BCUT2D eigenvalue weighted by atomic mass is 10.2. The molecule has 3 rings (SSSR count). The lowest BCUT2D eigenvalue weighted by molar-refractivity contribution is -0.385. The minimum absolute atomic E-state index is 0.101. The van der Waals surface area contributed by atoms with Gasteiger partial charge in [-0.2, -0.15) is 5.10 Å². The Hall–Kier alpha value is -2.91. The average molecular weight is 393 g/mol. The molecule has 0 atom stereocenters. The van der Waals surface area contributed by atoms with Gasteiger partial charge in [-0.3, -0.25) is 19.5 Å². The molecule has 1 N–H and O–H groups in total. The summed E-state index contributed by atoms with van der Waals surface area (Å²) in [5, 5.41) is 15.5. The largest absolute Gasteiger partial charge is 0.270 e. The number of nitro groups is 1. The molecule has 0 saturated carbocycles. The van der Waals surface area contributed by atoms with E-state index in [1.54, 1.807) is 12.3 Å². The fraction of sp³-hybridized carbons (Fsp3) is 0.0625. The number of nitrogens with one attached hydrogen (secondary N) is 1. The Balaban J connectivity index is 1.79. The number of benzene rings is 2. The van der Waals surface area contributed by atoms with Crippen LogP contribution < -0.4 is 4.72 Å². The van der Waals surface area contributed by atoms with Crippen LogP contribution >= 0.6 is 11.6 Å². The number of rotatable bonds is 6. The summed E-state index contributed by atoms with van der Waals surface area (Å²) in [5.41, 5.74) is 0.530. The Bertz CT molecular complexity index is 1070. The Kier molecular flexibility index (Phi) is 4.92. The SMILES string of the molecule is O=[N+]([O-])c1cccc(S(=O)(=O)Nc2ccn(Cc3ccccc3Cl)n2)c1. The third kappa shape index (κ3) is 4.01. The van der Waals surface area contributed by atoms with Crippen molar-refractivity contribution in [2.24, 2.45) is 0 Å². The van der Waals surface area contributed by atoms with Crippen molar-refractivity contribution in [1.29, 1.82) is 0 Å². The maximum absolute atomic E-state index is 12.4. The minimum Gasteiger partial charge on any atom is -0.266 e. The van der Waals surface area contributed by atoms with Gasteiger partial charge in [0.25, 0.3) is 15.7 Å². The molecule has 1 heterocycles. The highest BCUT2D eigenvalue weighted by atomic mass is 35.5. The van der Waals surface area contributed by atoms with Crippen LogP contribution in [0.3, 0.4) is 0 Å². The van der Waals surface area contributed by atoms with E-state index in [0.29, 0.717) is 11.6 Å². The zero-order valence-corrected chi connectivity index (χ0v) is 14.8. The van der Waals surface area contributed by atoms with Gasteiger partial charge in [-0.15, -0.1) is 0 Å². The molecule has 2 aromatic carbocycles. The number of nitrogens with zero attached hydrogens (tertiary/aromatic N) is 3. The maximum Gasteiger partial charge on any atom is 0.270 e. The van der Waals surface area contributed by atoms with Crippen LogP contribution in [0.1, 0.15) is 5.56 Å². The molecule has 0 aliphatic carbocycles. The second kappa shape index (κ2) is 7.14. The molecule has 0 aliphatic heterocycles. The van der Waals surface area contributed by atoms with Gasteiger partial charge in [0.05, 0.1) is 16.4 Å². The molecule has 26 heavy (non-hydrogen) atoms. The molecule has 8 nitrogen and oxygen atoms in total. The lowest BCUT2D eigenvalue weighted by Gasteiger charge is -2.06. The molecule has 3 aromatic rings. The van der Waals surface area contributed by atoms with Crippen molar-refractivity contribution in [1.82, 2.24) is 9.78 Å². The second-order valence-electron chi connectivity index (χ2n) is 5.35. The third-order valence-electron chi connectivity index (χ3n) is 3.51. The van der Waals surface area contributed by atoms with Crippen LogP contribution in [0.15, 0.2) is 65.7 Å². The zero-order chi connectivity index (χ0) is 18.7. The van der Waals surface area contributed by atoms with Gasteiger partial charge in [-0.25, -0.2) is 8.42 Å². The summed E-state index contributed by atoms with van der Waals surface area (Å²) < 4.78 is 28.6. The summed E-state index contributed by atoms with van der Waals surface area (Å²) in [6, 6.07) is 13.5. The van der Waals surface area contributed by atoms with Gasteiger partial charge in [0, 0.05) is 29.4 Å². The number of non-ortho nitro benzene ring substituents is 1. The van der Waals surface area contributed by atoms with Crippen molar-refractivity contribution in [3.8, 4) is 0 Å². The number of hydrogen-bond acceptors (Lipinski definition) is 5. The van der Waals surface area contributed by atoms with E-state index in [4.69, 9.17) is 11.6 Å². The van der Waals surface area contributed by atoms with Gasteiger partial charge in [0.2, 0.25) is 0 Å². The molecule has 134 valence electrons. The van der Waals surface area contributed by atoms with E-state index in [2.05, 4.69) is 9.82 Å². The molecule has 0 aliphatic rings. The van der Waals surface area contributed by atoms with Gasteiger partial charge >= 0.3 is 0 Å². The molecule has 10 heteroatoms. The maximum atomic E-state index is 12.4. The Morgan fingerprint density at radius 1 is 1.15 bits per heavy atom. The number of hydrogen-bond donors (Lipinski definition) is 1. The second-order valence-corrected chi connectivity index (χ2v) is 7.44. The summed E-state index contributed by atoms with van der Waals surface area (Å²) in [7, 11) is -3.99. The summed E-state index contributed by atoms with van der Waals surface area (Å²) in [6.45, 7) is 0.373. The highest BCUT2D eigenvalue weighted by molar-refractivity contribution is 7.92. The smallest absolute Gasteiger partial charge is 0.266 e. The number of anilines is 1. The number of aromatic nitrogens is 2. The van der Waals surface area contributed by atoms with E-state index in [9.17, 15) is 18.5 Å². The van der Waals surface area contributed by atoms with Crippen LogP contribution in [0.5, 0.6) is 0 Å². The van der Waals surface area contributed by atoms with Gasteiger partial charge in [-0.1, -0.05) is 35.9 Å². The third-order valence-corrected chi connectivity index (χ3v) is 5.23. The zero-order valence-electron chi connectivity index (χ0n) is 13.2. The first-order chi connectivity index (χ1) is 12.3. The molecule has 0 bridgehead atoms. The highest BCUT2D eigenvalue weighted by Crippen LogP contribution is 2.20. The molecule has 0 amide bonds. The molecule has 0 saturated heterocycles. The lowest BCUT2D eigenvalue weighted by Crippen LogP contribution is -2.14. The monoisotopic (exact) mass is 392 g/mol. The van der Waals surface area contributed by atoms with Crippen LogP contribution in [0.25, 0.3) is 0 Å². The topological polar surface area (TPSA) is 107 Å². The van der Waals surface area contributed by atoms with Crippen LogP contribution in [0.4, 0.5) is 11.5 Å². The standard InChI is InChI=1S/C16H13ClN4O4S/c17-15-7-2-1-4-12(15)11-20-9-8-16(18-20)19-26(24,25)14-6-3-5-13(10-14)21(22)23/h1-10H,11H2,(H,18,19). The minimum atomic E-state index is -3.99. The van der Waals surface area contributed by atoms with E-state index in [0.717, 1.165) is 11.6 Å². The number of nitro benzene ring substituents is 1. The van der Waals surface area contributed by atoms with Gasteiger partial charge in [0.15, 0.2) is 5.82 Å². The van der Waals surface area contributed by atoms with Crippen LogP contribution in [0, 0.1) is 10.1 Å². The van der Waals surface area contributed by atoms with Crippen LogP contribution in [-0.2, 0) is 16.6 Å². The van der Waals surface area contributed by atoms with Crippen molar-refractivity contribution in [3.63, 3.8) is 0 Å². The molecular weight excluding hydrogens is 380 g/mol. The van der Waals surface area contributed by atoms with Gasteiger partial charge in [0.1, 0.15) is 0 Å². The summed E-state index contributed by atoms with van der Waals surface area (Å²) in [4.78, 5) is 9.94. The van der Waals surface area contributed by atoms with Crippen molar-refractivity contribution < 1.29 is 13.3 Å². The quantitative estimate of drug-likeness (QED) is 0.511. The van der Waals surface area contributed by atoms with E-state index in [1.807, 2.05) is 18.2 Å². The van der Waals surface area contributed by atoms with E-state index in [-0.39, 0.29) is 16.4 Å². The van der Waals surface area contributed by atoms with Gasteiger partial charge in [-0.05, 0) is 17.7 Å². The average Bonchev–Trinajstić information content (AvgIpc) is 3.03. The molecule has 0 radical (unpaired) electrons. The predicted molar refractivity (Wildman–Crippen MR) is 96.7 cm³/mol. The summed E-state index contributed by atoms with van der Waals surface area (Å²) >= 11 is 6.10. The molecule has 0 spiro atoms. The molecular formula is C16H13ClN4O4S. The Morgan fingerprint density at radius 2 is 1.92 bits per heavy atom. The highest BCUT2D eigenvalue weighted by Gasteiger charge is 2.18. The Labute approximate surface area is 154 Å². The molecule has 0 unspecified atom stereocenters. The predicted octanol–water partition coefficient (Wildman–Crippen LogP) is 3.29. The molecule has 0 fully saturated rings.